The van der Waals surface area contributed by atoms with Crippen LogP contribution in [-0.2, 0) is 19.0 Å². The zero-order chi connectivity index (χ0) is 19.7. The van der Waals surface area contributed by atoms with Gasteiger partial charge < -0.3 is 29.7 Å². The van der Waals surface area contributed by atoms with E-state index in [4.69, 9.17) is 14.2 Å². The number of amides is 1. The zero-order valence-electron chi connectivity index (χ0n) is 17.6. The molecule has 1 aliphatic heterocycles. The Bertz CT molecular complexity index is 363. The fourth-order valence-electron chi connectivity index (χ4n) is 2.99. The first-order valence-electron chi connectivity index (χ1n) is 10.6. The van der Waals surface area contributed by atoms with Gasteiger partial charge in [0, 0.05) is 25.0 Å². The maximum Gasteiger partial charge on any atom is 0.222 e. The third-order valence-corrected chi connectivity index (χ3v) is 4.98. The molecule has 160 valence electrons. The fourth-order valence-corrected chi connectivity index (χ4v) is 2.99. The number of hydrogen-bond donors (Lipinski definition) is 2. The van der Waals surface area contributed by atoms with Crippen molar-refractivity contribution in [2.24, 2.45) is 5.92 Å². The van der Waals surface area contributed by atoms with Crippen LogP contribution in [0.1, 0.15) is 40.0 Å². The molecule has 0 aromatic rings. The van der Waals surface area contributed by atoms with Crippen LogP contribution in [0.4, 0.5) is 0 Å². The number of piperidine rings is 1. The van der Waals surface area contributed by atoms with Gasteiger partial charge in [-0.25, -0.2) is 0 Å². The highest BCUT2D eigenvalue weighted by atomic mass is 16.5. The van der Waals surface area contributed by atoms with E-state index in [0.29, 0.717) is 45.6 Å². The lowest BCUT2D eigenvalue weighted by atomic mass is 10.1. The molecule has 1 atom stereocenters. The van der Waals surface area contributed by atoms with Gasteiger partial charge in [-0.15, -0.1) is 0 Å². The van der Waals surface area contributed by atoms with Crippen LogP contribution in [-0.4, -0.2) is 89.2 Å². The summed E-state index contributed by atoms with van der Waals surface area (Å²) in [6.07, 6.45) is 3.33. The number of ether oxygens (including phenoxy) is 3. The maximum absolute atomic E-state index is 11.6. The third-order valence-electron chi connectivity index (χ3n) is 4.98. The molecule has 27 heavy (non-hydrogen) atoms. The third kappa shape index (κ3) is 12.4. The van der Waals surface area contributed by atoms with E-state index >= 15 is 0 Å². The summed E-state index contributed by atoms with van der Waals surface area (Å²) in [5, 5.41) is 6.39. The van der Waals surface area contributed by atoms with Gasteiger partial charge in [-0.1, -0.05) is 20.8 Å². The monoisotopic (exact) mass is 387 g/mol. The van der Waals surface area contributed by atoms with E-state index in [-0.39, 0.29) is 11.8 Å². The summed E-state index contributed by atoms with van der Waals surface area (Å²) >= 11 is 0. The first-order valence-corrected chi connectivity index (χ1v) is 10.6. The second-order valence-corrected chi connectivity index (χ2v) is 7.11. The van der Waals surface area contributed by atoms with Crippen molar-refractivity contribution in [3.63, 3.8) is 0 Å². The number of likely N-dealkylation sites (tertiary alicyclic amines) is 1. The van der Waals surface area contributed by atoms with Crippen molar-refractivity contribution in [1.82, 2.24) is 15.5 Å². The molecule has 1 amide bonds. The Morgan fingerprint density at radius 2 is 1.59 bits per heavy atom. The molecule has 0 bridgehead atoms. The minimum Gasteiger partial charge on any atom is -0.378 e. The molecule has 1 rings (SSSR count). The Kier molecular flexibility index (Phi) is 14.6. The molecule has 0 spiro atoms. The standard InChI is InChI=1S/C20H41N3O4/c1-4-18(3)20(24)22-8-12-25-14-16-27-17-15-26-13-11-23-9-6-19(7-10-23)21-5-2/h18-19,21H,4-17H2,1-3H3,(H,22,24). The minimum atomic E-state index is 0.0678. The molecule has 1 unspecified atom stereocenters. The average Bonchev–Trinajstić information content (AvgIpc) is 2.69. The van der Waals surface area contributed by atoms with E-state index in [2.05, 4.69) is 22.5 Å². The average molecular weight is 388 g/mol. The summed E-state index contributed by atoms with van der Waals surface area (Å²) in [6, 6.07) is 0.693. The number of carbonyl (C=O) groups is 1. The van der Waals surface area contributed by atoms with Gasteiger partial charge in [0.15, 0.2) is 0 Å². The summed E-state index contributed by atoms with van der Waals surface area (Å²) in [5.41, 5.74) is 0. The van der Waals surface area contributed by atoms with E-state index in [0.717, 1.165) is 39.2 Å². The molecular weight excluding hydrogens is 346 g/mol. The topological polar surface area (TPSA) is 72.1 Å². The van der Waals surface area contributed by atoms with E-state index in [1.165, 1.54) is 12.8 Å². The van der Waals surface area contributed by atoms with Crippen LogP contribution in [0, 0.1) is 5.92 Å². The molecular formula is C20H41N3O4. The Morgan fingerprint density at radius 3 is 2.19 bits per heavy atom. The Morgan fingerprint density at radius 1 is 1.00 bits per heavy atom. The molecule has 1 aliphatic rings. The number of nitrogens with one attached hydrogen (secondary N) is 2. The summed E-state index contributed by atoms with van der Waals surface area (Å²) < 4.78 is 16.6. The second kappa shape index (κ2) is 16.2. The quantitative estimate of drug-likeness (QED) is 0.389. The van der Waals surface area contributed by atoms with Crippen molar-refractivity contribution in [3.8, 4) is 0 Å². The normalized spacial score (nSPS) is 17.1. The van der Waals surface area contributed by atoms with Gasteiger partial charge in [-0.2, -0.15) is 0 Å². The molecule has 0 aromatic heterocycles. The lowest BCUT2D eigenvalue weighted by Crippen LogP contribution is -2.43. The second-order valence-electron chi connectivity index (χ2n) is 7.11. The van der Waals surface area contributed by atoms with Crippen LogP contribution < -0.4 is 10.6 Å². The summed E-state index contributed by atoms with van der Waals surface area (Å²) in [6.45, 7) is 14.6. The van der Waals surface area contributed by atoms with Crippen molar-refractivity contribution in [2.75, 3.05) is 72.4 Å². The number of hydrogen-bond acceptors (Lipinski definition) is 6. The highest BCUT2D eigenvalue weighted by Gasteiger charge is 2.17. The lowest BCUT2D eigenvalue weighted by molar-refractivity contribution is -0.124. The van der Waals surface area contributed by atoms with Gasteiger partial charge in [0.05, 0.1) is 39.6 Å². The van der Waals surface area contributed by atoms with Crippen molar-refractivity contribution in [1.29, 1.82) is 0 Å². The molecule has 0 aliphatic carbocycles. The smallest absolute Gasteiger partial charge is 0.222 e. The van der Waals surface area contributed by atoms with Crippen LogP contribution in [0.2, 0.25) is 0 Å². The van der Waals surface area contributed by atoms with Gasteiger partial charge >= 0.3 is 0 Å². The molecule has 1 fully saturated rings. The molecule has 2 N–H and O–H groups in total. The largest absolute Gasteiger partial charge is 0.378 e. The van der Waals surface area contributed by atoms with Gasteiger partial charge in [0.1, 0.15) is 0 Å². The maximum atomic E-state index is 11.6. The van der Waals surface area contributed by atoms with Gasteiger partial charge in [-0.3, -0.25) is 4.79 Å². The van der Waals surface area contributed by atoms with Crippen LogP contribution in [0.25, 0.3) is 0 Å². The van der Waals surface area contributed by atoms with E-state index in [1.54, 1.807) is 0 Å². The van der Waals surface area contributed by atoms with Gasteiger partial charge in [0.25, 0.3) is 0 Å². The number of rotatable bonds is 16. The van der Waals surface area contributed by atoms with Gasteiger partial charge in [-0.05, 0) is 38.9 Å². The van der Waals surface area contributed by atoms with Crippen molar-refractivity contribution in [3.05, 3.63) is 0 Å². The first-order chi connectivity index (χ1) is 13.2. The lowest BCUT2D eigenvalue weighted by Gasteiger charge is -2.32. The van der Waals surface area contributed by atoms with Crippen molar-refractivity contribution >= 4 is 5.91 Å². The highest BCUT2D eigenvalue weighted by Crippen LogP contribution is 2.09. The van der Waals surface area contributed by atoms with Gasteiger partial charge in [0.2, 0.25) is 5.91 Å². The van der Waals surface area contributed by atoms with Crippen LogP contribution in [0.3, 0.4) is 0 Å². The van der Waals surface area contributed by atoms with E-state index in [9.17, 15) is 4.79 Å². The SMILES string of the molecule is CCNC1CCN(CCOCCOCCOCCNC(=O)C(C)CC)CC1. The van der Waals surface area contributed by atoms with Crippen LogP contribution in [0.5, 0.6) is 0 Å². The van der Waals surface area contributed by atoms with Crippen molar-refractivity contribution < 1.29 is 19.0 Å². The Labute approximate surface area is 165 Å². The summed E-state index contributed by atoms with van der Waals surface area (Å²) in [5.74, 6) is 0.162. The molecule has 0 saturated carbocycles. The summed E-state index contributed by atoms with van der Waals surface area (Å²) in [7, 11) is 0. The van der Waals surface area contributed by atoms with E-state index < -0.39 is 0 Å². The highest BCUT2D eigenvalue weighted by molar-refractivity contribution is 5.78. The molecule has 7 nitrogen and oxygen atoms in total. The first kappa shape index (κ1) is 24.3. The predicted octanol–water partition coefficient (Wildman–Crippen LogP) is 1.27. The fraction of sp³-hybridized carbons (Fsp3) is 0.950. The summed E-state index contributed by atoms with van der Waals surface area (Å²) in [4.78, 5) is 14.0. The molecule has 0 aromatic carbocycles. The van der Waals surface area contributed by atoms with Crippen LogP contribution in [0.15, 0.2) is 0 Å². The molecule has 1 heterocycles. The molecule has 0 radical (unpaired) electrons. The molecule has 1 saturated heterocycles. The number of carbonyl (C=O) groups excluding carboxylic acids is 1. The molecule has 7 heteroatoms. The van der Waals surface area contributed by atoms with Crippen LogP contribution >= 0.6 is 0 Å². The number of nitrogens with zero attached hydrogens (tertiary/aromatic N) is 1. The van der Waals surface area contributed by atoms with Crippen molar-refractivity contribution in [2.45, 2.75) is 46.1 Å². The minimum absolute atomic E-state index is 0.0678. The Hall–Kier alpha value is -0.730. The zero-order valence-corrected chi connectivity index (χ0v) is 17.6. The Balaban J connectivity index is 1.79. The predicted molar refractivity (Wildman–Crippen MR) is 108 cm³/mol. The van der Waals surface area contributed by atoms with E-state index in [1.807, 2.05) is 13.8 Å².